The molecule has 0 N–H and O–H groups in total. The van der Waals surface area contributed by atoms with E-state index in [0.717, 1.165) is 31.5 Å². The first-order valence-corrected chi connectivity index (χ1v) is 6.74. The number of rotatable bonds is 2. The molecule has 0 bridgehead atoms. The lowest BCUT2D eigenvalue weighted by Crippen LogP contribution is -2.60. The standard InChI is InChI=1S/C14H17N3O2/c18-13-10-16(9-11-5-1-3-7-15-11)14(19)12-6-2-4-8-17(12)13/h1,3,5,7,12H,2,4,6,8-10H2. The van der Waals surface area contributed by atoms with Crippen molar-refractivity contribution < 1.29 is 9.59 Å². The van der Waals surface area contributed by atoms with E-state index < -0.39 is 0 Å². The van der Waals surface area contributed by atoms with Crippen LogP contribution in [0.25, 0.3) is 0 Å². The third kappa shape index (κ3) is 2.32. The van der Waals surface area contributed by atoms with Crippen molar-refractivity contribution in [3.05, 3.63) is 30.1 Å². The summed E-state index contributed by atoms with van der Waals surface area (Å²) in [5.41, 5.74) is 0.827. The molecular weight excluding hydrogens is 242 g/mol. The maximum absolute atomic E-state index is 12.4. The van der Waals surface area contributed by atoms with E-state index in [2.05, 4.69) is 4.98 Å². The van der Waals surface area contributed by atoms with Crippen molar-refractivity contribution in [3.8, 4) is 0 Å². The Morgan fingerprint density at radius 3 is 2.95 bits per heavy atom. The highest BCUT2D eigenvalue weighted by molar-refractivity contribution is 5.95. The lowest BCUT2D eigenvalue weighted by Gasteiger charge is -2.42. The van der Waals surface area contributed by atoms with Crippen LogP contribution in [0.3, 0.4) is 0 Å². The molecule has 19 heavy (non-hydrogen) atoms. The van der Waals surface area contributed by atoms with Crippen molar-refractivity contribution >= 4 is 11.8 Å². The Balaban J connectivity index is 1.76. The third-order valence-electron chi connectivity index (χ3n) is 3.83. The number of nitrogens with zero attached hydrogens (tertiary/aromatic N) is 3. The minimum Gasteiger partial charge on any atom is -0.329 e. The van der Waals surface area contributed by atoms with E-state index in [1.54, 1.807) is 16.0 Å². The maximum Gasteiger partial charge on any atom is 0.246 e. The second-order valence-corrected chi connectivity index (χ2v) is 5.11. The van der Waals surface area contributed by atoms with Crippen LogP contribution < -0.4 is 0 Å². The van der Waals surface area contributed by atoms with Crippen LogP contribution in [0, 0.1) is 0 Å². The summed E-state index contributed by atoms with van der Waals surface area (Å²) < 4.78 is 0. The zero-order valence-electron chi connectivity index (χ0n) is 10.8. The molecule has 0 aliphatic carbocycles. The molecule has 0 spiro atoms. The summed E-state index contributed by atoms with van der Waals surface area (Å²) in [4.78, 5) is 32.1. The average Bonchev–Trinajstić information content (AvgIpc) is 2.46. The lowest BCUT2D eigenvalue weighted by molar-refractivity contribution is -0.158. The van der Waals surface area contributed by atoms with Crippen molar-refractivity contribution in [3.63, 3.8) is 0 Å². The van der Waals surface area contributed by atoms with Gasteiger partial charge in [0.1, 0.15) is 12.6 Å². The van der Waals surface area contributed by atoms with Gasteiger partial charge in [0.2, 0.25) is 11.8 Å². The zero-order chi connectivity index (χ0) is 13.2. The van der Waals surface area contributed by atoms with E-state index in [-0.39, 0.29) is 24.4 Å². The second-order valence-electron chi connectivity index (χ2n) is 5.11. The van der Waals surface area contributed by atoms with Crippen molar-refractivity contribution in [1.29, 1.82) is 0 Å². The summed E-state index contributed by atoms with van der Waals surface area (Å²) in [7, 11) is 0. The molecule has 0 aromatic carbocycles. The highest BCUT2D eigenvalue weighted by Gasteiger charge is 2.40. The van der Waals surface area contributed by atoms with Crippen LogP contribution in [-0.4, -0.2) is 45.7 Å². The second kappa shape index (κ2) is 4.99. The van der Waals surface area contributed by atoms with Gasteiger partial charge in [-0.2, -0.15) is 0 Å². The van der Waals surface area contributed by atoms with Gasteiger partial charge in [0.25, 0.3) is 0 Å². The van der Waals surface area contributed by atoms with Gasteiger partial charge in [-0.1, -0.05) is 6.07 Å². The number of hydrogen-bond acceptors (Lipinski definition) is 3. The molecule has 3 rings (SSSR count). The maximum atomic E-state index is 12.4. The molecule has 2 aliphatic rings. The van der Waals surface area contributed by atoms with Crippen LogP contribution in [0.2, 0.25) is 0 Å². The van der Waals surface area contributed by atoms with Gasteiger partial charge >= 0.3 is 0 Å². The van der Waals surface area contributed by atoms with E-state index in [4.69, 9.17) is 0 Å². The Kier molecular flexibility index (Phi) is 3.19. The number of carbonyl (C=O) groups excluding carboxylic acids is 2. The molecule has 1 unspecified atom stereocenters. The quantitative estimate of drug-likeness (QED) is 0.789. The Morgan fingerprint density at radius 1 is 1.26 bits per heavy atom. The van der Waals surface area contributed by atoms with Crippen LogP contribution in [-0.2, 0) is 16.1 Å². The predicted octanol–water partition coefficient (Wildman–Crippen LogP) is 0.805. The predicted molar refractivity (Wildman–Crippen MR) is 69.0 cm³/mol. The molecule has 5 nitrogen and oxygen atoms in total. The van der Waals surface area contributed by atoms with Crippen LogP contribution in [0.5, 0.6) is 0 Å². The van der Waals surface area contributed by atoms with Crippen molar-refractivity contribution in [1.82, 2.24) is 14.8 Å². The number of carbonyl (C=O) groups is 2. The molecule has 0 saturated carbocycles. The number of fused-ring (bicyclic) bond motifs is 1. The summed E-state index contributed by atoms with van der Waals surface area (Å²) in [6, 6.07) is 5.38. The van der Waals surface area contributed by atoms with E-state index >= 15 is 0 Å². The zero-order valence-corrected chi connectivity index (χ0v) is 10.8. The summed E-state index contributed by atoms with van der Waals surface area (Å²) in [5.74, 6) is 0.144. The average molecular weight is 259 g/mol. The summed E-state index contributed by atoms with van der Waals surface area (Å²) >= 11 is 0. The van der Waals surface area contributed by atoms with E-state index in [0.29, 0.717) is 6.54 Å². The van der Waals surface area contributed by atoms with Gasteiger partial charge in [0.15, 0.2) is 0 Å². The fourth-order valence-electron chi connectivity index (χ4n) is 2.85. The molecule has 2 fully saturated rings. The minimum atomic E-state index is -0.237. The smallest absolute Gasteiger partial charge is 0.246 e. The van der Waals surface area contributed by atoms with Crippen LogP contribution >= 0.6 is 0 Å². The van der Waals surface area contributed by atoms with Crippen LogP contribution in [0.4, 0.5) is 0 Å². The van der Waals surface area contributed by atoms with Gasteiger partial charge in [-0.25, -0.2) is 0 Å². The highest BCUT2D eigenvalue weighted by Crippen LogP contribution is 2.23. The first kappa shape index (κ1) is 12.1. The van der Waals surface area contributed by atoms with Gasteiger partial charge < -0.3 is 9.80 Å². The molecule has 1 atom stereocenters. The summed E-state index contributed by atoms with van der Waals surface area (Å²) in [6.07, 6.45) is 4.54. The highest BCUT2D eigenvalue weighted by atomic mass is 16.2. The van der Waals surface area contributed by atoms with E-state index in [1.165, 1.54) is 0 Å². The summed E-state index contributed by atoms with van der Waals surface area (Å²) in [6.45, 7) is 1.34. The SMILES string of the molecule is O=C1C2CCCCN2C(=O)CN1Cc1ccccn1. The van der Waals surface area contributed by atoms with Crippen LogP contribution in [0.15, 0.2) is 24.4 Å². The molecule has 2 saturated heterocycles. The fraction of sp³-hybridized carbons (Fsp3) is 0.500. The number of piperidine rings is 1. The molecule has 1 aromatic heterocycles. The minimum absolute atomic E-state index is 0.0697. The number of amides is 2. The number of piperazine rings is 1. The van der Waals surface area contributed by atoms with Gasteiger partial charge in [0.05, 0.1) is 12.2 Å². The van der Waals surface area contributed by atoms with Crippen LogP contribution in [0.1, 0.15) is 25.0 Å². The normalized spacial score (nSPS) is 23.5. The van der Waals surface area contributed by atoms with Gasteiger partial charge in [-0.15, -0.1) is 0 Å². The van der Waals surface area contributed by atoms with Crippen molar-refractivity contribution in [2.75, 3.05) is 13.1 Å². The van der Waals surface area contributed by atoms with Gasteiger partial charge in [-0.05, 0) is 31.4 Å². The Morgan fingerprint density at radius 2 is 2.16 bits per heavy atom. The number of aromatic nitrogens is 1. The first-order valence-electron chi connectivity index (χ1n) is 6.74. The molecule has 2 amide bonds. The largest absolute Gasteiger partial charge is 0.329 e. The van der Waals surface area contributed by atoms with Crippen molar-refractivity contribution in [2.45, 2.75) is 31.8 Å². The molecule has 1 aromatic rings. The van der Waals surface area contributed by atoms with E-state index in [1.807, 2.05) is 18.2 Å². The number of pyridine rings is 1. The fourth-order valence-corrected chi connectivity index (χ4v) is 2.85. The van der Waals surface area contributed by atoms with Gasteiger partial charge in [-0.3, -0.25) is 14.6 Å². The Bertz CT molecular complexity index is 489. The van der Waals surface area contributed by atoms with Gasteiger partial charge in [0, 0.05) is 12.7 Å². The molecular formula is C14H17N3O2. The lowest BCUT2D eigenvalue weighted by atomic mass is 9.98. The molecule has 5 heteroatoms. The molecule has 100 valence electrons. The third-order valence-corrected chi connectivity index (χ3v) is 3.83. The Hall–Kier alpha value is -1.91. The topological polar surface area (TPSA) is 53.5 Å². The molecule has 0 radical (unpaired) electrons. The molecule has 3 heterocycles. The van der Waals surface area contributed by atoms with E-state index in [9.17, 15) is 9.59 Å². The number of hydrogen-bond donors (Lipinski definition) is 0. The summed E-state index contributed by atoms with van der Waals surface area (Å²) in [5, 5.41) is 0. The Labute approximate surface area is 112 Å². The van der Waals surface area contributed by atoms with Crippen molar-refractivity contribution in [2.24, 2.45) is 0 Å². The first-order chi connectivity index (χ1) is 9.25. The molecule has 2 aliphatic heterocycles. The monoisotopic (exact) mass is 259 g/mol.